The molecular weight excluding hydrogens is 386 g/mol. The second-order valence-electron chi connectivity index (χ2n) is 6.35. The highest BCUT2D eigenvalue weighted by Gasteiger charge is 2.31. The first kappa shape index (κ1) is 22.3. The van der Waals surface area contributed by atoms with Crippen molar-refractivity contribution in [1.29, 1.82) is 0 Å². The first-order valence-electron chi connectivity index (χ1n) is 9.17. The van der Waals surface area contributed by atoms with Gasteiger partial charge < -0.3 is 19.1 Å². The van der Waals surface area contributed by atoms with Crippen LogP contribution in [0.2, 0.25) is 0 Å². The quantitative estimate of drug-likeness (QED) is 0.634. The Morgan fingerprint density at radius 3 is 2.32 bits per heavy atom. The van der Waals surface area contributed by atoms with Crippen molar-refractivity contribution in [2.45, 2.75) is 13.3 Å². The van der Waals surface area contributed by atoms with E-state index in [0.29, 0.717) is 44.2 Å². The van der Waals surface area contributed by atoms with Crippen LogP contribution in [0.1, 0.15) is 12.5 Å². The number of amides is 1. The third-order valence-electron chi connectivity index (χ3n) is 4.65. The Balaban J connectivity index is 1.93. The topological polar surface area (TPSA) is 88.6 Å². The molecule has 9 nitrogen and oxygen atoms in total. The predicted octanol–water partition coefficient (Wildman–Crippen LogP) is 1.20. The zero-order valence-electron chi connectivity index (χ0n) is 16.9. The largest absolute Gasteiger partial charge is 0.493 e. The maximum absolute atomic E-state index is 12.8. The molecule has 0 N–H and O–H groups in total. The van der Waals surface area contributed by atoms with Crippen LogP contribution >= 0.6 is 0 Å². The lowest BCUT2D eigenvalue weighted by Crippen LogP contribution is -2.53. The molecule has 0 radical (unpaired) electrons. The molecule has 1 aliphatic heterocycles. The summed E-state index contributed by atoms with van der Waals surface area (Å²) < 4.78 is 43.8. The van der Waals surface area contributed by atoms with E-state index in [2.05, 4.69) is 0 Å². The molecule has 1 heterocycles. The normalized spacial score (nSPS) is 15.5. The van der Waals surface area contributed by atoms with Crippen molar-refractivity contribution in [3.05, 3.63) is 23.8 Å². The zero-order valence-corrected chi connectivity index (χ0v) is 17.7. The van der Waals surface area contributed by atoms with E-state index in [0.717, 1.165) is 5.56 Å². The van der Waals surface area contributed by atoms with E-state index in [1.165, 1.54) is 13.5 Å². The van der Waals surface area contributed by atoms with Crippen LogP contribution in [0.15, 0.2) is 18.2 Å². The van der Waals surface area contributed by atoms with Gasteiger partial charge in [-0.25, -0.2) is 4.79 Å². The van der Waals surface area contributed by atoms with Gasteiger partial charge in [0, 0.05) is 39.8 Å². The Morgan fingerprint density at radius 1 is 1.11 bits per heavy atom. The van der Waals surface area contributed by atoms with Crippen molar-refractivity contribution in [2.24, 2.45) is 0 Å². The van der Waals surface area contributed by atoms with Gasteiger partial charge in [0.15, 0.2) is 11.5 Å². The van der Waals surface area contributed by atoms with Gasteiger partial charge in [-0.3, -0.25) is 0 Å². The number of carbonyl (C=O) groups excluding carboxylic acids is 1. The van der Waals surface area contributed by atoms with Crippen LogP contribution in [0, 0.1) is 0 Å². The molecule has 1 aromatic rings. The van der Waals surface area contributed by atoms with Crippen LogP contribution in [0.3, 0.4) is 0 Å². The Morgan fingerprint density at radius 2 is 1.75 bits per heavy atom. The van der Waals surface area contributed by atoms with Crippen LogP contribution in [-0.2, 0) is 21.4 Å². The van der Waals surface area contributed by atoms with Gasteiger partial charge in [0.05, 0.1) is 20.8 Å². The molecule has 158 valence electrons. The number of methoxy groups -OCH3 is 2. The second-order valence-corrected chi connectivity index (χ2v) is 8.39. The van der Waals surface area contributed by atoms with E-state index >= 15 is 0 Å². The smallest absolute Gasteiger partial charge is 0.409 e. The summed E-state index contributed by atoms with van der Waals surface area (Å²) in [5, 5.41) is 0. The molecule has 0 spiro atoms. The number of rotatable bonds is 8. The summed E-state index contributed by atoms with van der Waals surface area (Å²) in [6, 6.07) is 5.54. The summed E-state index contributed by atoms with van der Waals surface area (Å²) >= 11 is 0. The SMILES string of the molecule is CCOC(=O)N1CCN(S(=O)(=O)N(C)CCc2ccc(OC)c(OC)c2)CC1. The molecule has 28 heavy (non-hydrogen) atoms. The molecule has 2 rings (SSSR count). The first-order valence-corrected chi connectivity index (χ1v) is 10.6. The molecule has 1 amide bonds. The van der Waals surface area contributed by atoms with Gasteiger partial charge in [-0.1, -0.05) is 6.07 Å². The van der Waals surface area contributed by atoms with E-state index < -0.39 is 16.3 Å². The first-order chi connectivity index (χ1) is 13.3. The summed E-state index contributed by atoms with van der Waals surface area (Å²) in [6.07, 6.45) is 0.139. The molecule has 1 aromatic carbocycles. The highest BCUT2D eigenvalue weighted by molar-refractivity contribution is 7.86. The minimum Gasteiger partial charge on any atom is -0.493 e. The Labute approximate surface area is 166 Å². The molecule has 1 aliphatic rings. The van der Waals surface area contributed by atoms with Gasteiger partial charge in [0.25, 0.3) is 10.2 Å². The van der Waals surface area contributed by atoms with Crippen molar-refractivity contribution in [2.75, 3.05) is 60.6 Å². The lowest BCUT2D eigenvalue weighted by molar-refractivity contribution is 0.0926. The molecule has 0 atom stereocenters. The summed E-state index contributed by atoms with van der Waals surface area (Å²) in [5.74, 6) is 1.24. The van der Waals surface area contributed by atoms with Gasteiger partial charge in [-0.15, -0.1) is 0 Å². The number of piperazine rings is 1. The monoisotopic (exact) mass is 415 g/mol. The lowest BCUT2D eigenvalue weighted by Gasteiger charge is -2.35. The van der Waals surface area contributed by atoms with Crippen LogP contribution in [0.25, 0.3) is 0 Å². The van der Waals surface area contributed by atoms with E-state index in [-0.39, 0.29) is 13.1 Å². The van der Waals surface area contributed by atoms with Crippen LogP contribution in [0.5, 0.6) is 11.5 Å². The van der Waals surface area contributed by atoms with Gasteiger partial charge >= 0.3 is 6.09 Å². The fraction of sp³-hybridized carbons (Fsp3) is 0.611. The Bertz CT molecular complexity index is 763. The van der Waals surface area contributed by atoms with Crippen molar-refractivity contribution >= 4 is 16.3 Å². The maximum atomic E-state index is 12.8. The third-order valence-corrected chi connectivity index (χ3v) is 6.64. The number of carbonyl (C=O) groups is 1. The molecule has 0 aliphatic carbocycles. The third kappa shape index (κ3) is 5.27. The fourth-order valence-corrected chi connectivity index (χ4v) is 4.29. The average Bonchev–Trinajstić information content (AvgIpc) is 2.71. The van der Waals surface area contributed by atoms with Crippen LogP contribution in [-0.4, -0.2) is 88.6 Å². The number of hydrogen-bond donors (Lipinski definition) is 0. The van der Waals surface area contributed by atoms with E-state index in [4.69, 9.17) is 14.2 Å². The number of benzene rings is 1. The van der Waals surface area contributed by atoms with Gasteiger partial charge in [0.1, 0.15) is 0 Å². The summed E-state index contributed by atoms with van der Waals surface area (Å²) in [6.45, 7) is 3.52. The number of hydrogen-bond acceptors (Lipinski definition) is 6. The molecular formula is C18H29N3O6S. The van der Waals surface area contributed by atoms with Crippen molar-refractivity contribution < 1.29 is 27.4 Å². The number of ether oxygens (including phenoxy) is 3. The molecule has 10 heteroatoms. The van der Waals surface area contributed by atoms with Crippen molar-refractivity contribution in [3.63, 3.8) is 0 Å². The highest BCUT2D eigenvalue weighted by Crippen LogP contribution is 2.27. The van der Waals surface area contributed by atoms with E-state index in [9.17, 15) is 13.2 Å². The Hall–Kier alpha value is -2.04. The molecule has 1 saturated heterocycles. The minimum atomic E-state index is -3.59. The highest BCUT2D eigenvalue weighted by atomic mass is 32.2. The standard InChI is InChI=1S/C18H29N3O6S/c1-5-27-18(22)20-10-12-21(13-11-20)28(23,24)19(2)9-8-15-6-7-16(25-3)17(14-15)26-4/h6-7,14H,5,8-13H2,1-4H3. The molecule has 0 saturated carbocycles. The summed E-state index contributed by atoms with van der Waals surface area (Å²) in [4.78, 5) is 13.3. The average molecular weight is 416 g/mol. The lowest BCUT2D eigenvalue weighted by atomic mass is 10.1. The summed E-state index contributed by atoms with van der Waals surface area (Å²) in [5.41, 5.74) is 0.951. The van der Waals surface area contributed by atoms with Crippen LogP contribution in [0.4, 0.5) is 4.79 Å². The van der Waals surface area contributed by atoms with Crippen molar-refractivity contribution in [1.82, 2.24) is 13.5 Å². The van der Waals surface area contributed by atoms with E-state index in [1.54, 1.807) is 34.3 Å². The molecule has 0 unspecified atom stereocenters. The zero-order chi connectivity index (χ0) is 20.7. The van der Waals surface area contributed by atoms with Crippen LogP contribution < -0.4 is 9.47 Å². The predicted molar refractivity (Wildman–Crippen MR) is 105 cm³/mol. The minimum absolute atomic E-state index is 0.252. The van der Waals surface area contributed by atoms with Crippen molar-refractivity contribution in [3.8, 4) is 11.5 Å². The van der Waals surface area contributed by atoms with Gasteiger partial charge in [-0.2, -0.15) is 17.0 Å². The summed E-state index contributed by atoms with van der Waals surface area (Å²) in [7, 11) is 1.11. The molecule has 1 fully saturated rings. The van der Waals surface area contributed by atoms with E-state index in [1.807, 2.05) is 12.1 Å². The Kier molecular flexibility index (Phi) is 7.90. The van der Waals surface area contributed by atoms with Gasteiger partial charge in [0.2, 0.25) is 0 Å². The fourth-order valence-electron chi connectivity index (χ4n) is 2.95. The molecule has 0 bridgehead atoms. The molecule has 0 aromatic heterocycles. The second kappa shape index (κ2) is 9.94. The number of nitrogens with zero attached hydrogens (tertiary/aromatic N) is 3. The maximum Gasteiger partial charge on any atom is 0.409 e. The van der Waals surface area contributed by atoms with Gasteiger partial charge in [-0.05, 0) is 31.0 Å². The number of likely N-dealkylation sites (N-methyl/N-ethyl adjacent to an activating group) is 1.